The summed E-state index contributed by atoms with van der Waals surface area (Å²) in [6, 6.07) is 34.2. The number of amides is 2. The quantitative estimate of drug-likeness (QED) is 0.301. The number of rotatable bonds is 7. The van der Waals surface area contributed by atoms with Crippen molar-refractivity contribution in [1.29, 1.82) is 0 Å². The second-order valence-corrected chi connectivity index (χ2v) is 11.9. The average molecular weight is 479 g/mol. The molecule has 0 unspecified atom stereocenters. The summed E-state index contributed by atoms with van der Waals surface area (Å²) in [4.78, 5) is 40.1. The van der Waals surface area contributed by atoms with Crippen LogP contribution in [0.25, 0.3) is 0 Å². The van der Waals surface area contributed by atoms with Crippen LogP contribution in [0.2, 0.25) is 0 Å². The Balaban J connectivity index is 1.72. The number of fused-ring (bicyclic) bond motifs is 1. The lowest BCUT2D eigenvalue weighted by Crippen LogP contribution is -2.55. The molecule has 0 saturated heterocycles. The first-order valence-electron chi connectivity index (χ1n) is 11.3. The van der Waals surface area contributed by atoms with Gasteiger partial charge in [-0.2, -0.15) is 0 Å². The molecule has 172 valence electrons. The predicted molar refractivity (Wildman–Crippen MR) is 136 cm³/mol. The Morgan fingerprint density at radius 1 is 0.629 bits per heavy atom. The number of carbonyl (C=O) groups excluding carboxylic acids is 3. The third kappa shape index (κ3) is 3.84. The number of carboxylic acids is 1. The van der Waals surface area contributed by atoms with Gasteiger partial charge in [0, 0.05) is 0 Å². The number of benzene rings is 4. The lowest BCUT2D eigenvalue weighted by Gasteiger charge is -2.34. The number of aliphatic carboxylic acids is 1. The largest absolute Gasteiger partial charge is 0.548 e. The molecule has 1 aliphatic rings. The lowest BCUT2D eigenvalue weighted by molar-refractivity contribution is -0.309. The molecule has 0 bridgehead atoms. The summed E-state index contributed by atoms with van der Waals surface area (Å²) in [6.07, 6.45) is 0.0266. The predicted octanol–water partition coefficient (Wildman–Crippen LogP) is 2.40. The van der Waals surface area contributed by atoms with Crippen molar-refractivity contribution in [3.63, 3.8) is 0 Å². The maximum absolute atomic E-state index is 13.3. The Kier molecular flexibility index (Phi) is 6.02. The summed E-state index contributed by atoms with van der Waals surface area (Å²) >= 11 is 0. The van der Waals surface area contributed by atoms with E-state index in [1.54, 1.807) is 24.3 Å². The molecule has 1 atom stereocenters. The smallest absolute Gasteiger partial charge is 0.262 e. The molecule has 4 aromatic rings. The molecule has 4 aromatic carbocycles. The number of carboxylic acid groups (broad SMARTS) is 1. The summed E-state index contributed by atoms with van der Waals surface area (Å²) in [5.41, 5.74) is 0.429. The molecule has 6 heteroatoms. The molecule has 0 N–H and O–H groups in total. The molecule has 0 aliphatic carbocycles. The third-order valence-corrected chi connectivity index (χ3v) is 10.9. The highest BCUT2D eigenvalue weighted by Gasteiger charge is 2.51. The van der Waals surface area contributed by atoms with Crippen molar-refractivity contribution in [2.24, 2.45) is 0 Å². The molecule has 0 radical (unpaired) electrons. The molecule has 1 heterocycles. The van der Waals surface area contributed by atoms with Gasteiger partial charge in [-0.25, -0.2) is 0 Å². The van der Waals surface area contributed by atoms with Crippen LogP contribution >= 0.6 is 7.26 Å². The zero-order valence-corrected chi connectivity index (χ0v) is 19.7. The van der Waals surface area contributed by atoms with Gasteiger partial charge in [-0.05, 0) is 48.5 Å². The van der Waals surface area contributed by atoms with Crippen LogP contribution in [0.1, 0.15) is 20.7 Å². The molecule has 35 heavy (non-hydrogen) atoms. The second kappa shape index (κ2) is 9.28. The number of nitrogens with zero attached hydrogens (tertiary/aromatic N) is 1. The first kappa shape index (κ1) is 22.7. The fraction of sp³-hybridized carbons (Fsp3) is 0.0690. The maximum Gasteiger partial charge on any atom is 0.262 e. The van der Waals surface area contributed by atoms with E-state index in [1.807, 2.05) is 91.0 Å². The number of imide groups is 1. The van der Waals surface area contributed by atoms with E-state index < -0.39 is 31.1 Å². The minimum Gasteiger partial charge on any atom is -0.548 e. The van der Waals surface area contributed by atoms with E-state index in [0.29, 0.717) is 0 Å². The normalized spacial score (nSPS) is 14.0. The molecule has 0 spiro atoms. The van der Waals surface area contributed by atoms with Crippen LogP contribution in [0.4, 0.5) is 0 Å². The van der Waals surface area contributed by atoms with Crippen molar-refractivity contribution in [3.05, 3.63) is 126 Å². The van der Waals surface area contributed by atoms with Crippen LogP contribution in [-0.2, 0) is 4.79 Å². The number of hydrogen-bond donors (Lipinski definition) is 0. The van der Waals surface area contributed by atoms with E-state index >= 15 is 0 Å². The Bertz CT molecular complexity index is 1260. The fourth-order valence-electron chi connectivity index (χ4n) is 4.82. The van der Waals surface area contributed by atoms with E-state index in [9.17, 15) is 19.5 Å². The fourth-order valence-corrected chi connectivity index (χ4v) is 9.22. The van der Waals surface area contributed by atoms with Crippen molar-refractivity contribution in [2.75, 3.05) is 6.16 Å². The molecular weight excluding hydrogens is 457 g/mol. The summed E-state index contributed by atoms with van der Waals surface area (Å²) in [7, 11) is -2.63. The Hall–Kier alpha value is -4.08. The molecule has 0 fully saturated rings. The van der Waals surface area contributed by atoms with E-state index in [0.717, 1.165) is 20.8 Å². The summed E-state index contributed by atoms with van der Waals surface area (Å²) < 4.78 is 0. The Morgan fingerprint density at radius 2 is 0.971 bits per heavy atom. The zero-order chi connectivity index (χ0) is 24.4. The first-order chi connectivity index (χ1) is 17.0. The topological polar surface area (TPSA) is 77.5 Å². The third-order valence-electron chi connectivity index (χ3n) is 6.45. The minimum atomic E-state index is -2.63. The highest BCUT2D eigenvalue weighted by molar-refractivity contribution is 7.95. The van der Waals surface area contributed by atoms with E-state index in [1.165, 1.54) is 0 Å². The zero-order valence-electron chi connectivity index (χ0n) is 18.8. The molecule has 2 amide bonds. The van der Waals surface area contributed by atoms with Crippen molar-refractivity contribution in [1.82, 2.24) is 4.90 Å². The van der Waals surface area contributed by atoms with Gasteiger partial charge in [0.05, 0.1) is 23.3 Å². The Morgan fingerprint density at radius 3 is 1.31 bits per heavy atom. The van der Waals surface area contributed by atoms with Gasteiger partial charge in [0.1, 0.15) is 29.2 Å². The summed E-state index contributed by atoms with van der Waals surface area (Å²) in [5, 5.41) is 15.5. The van der Waals surface area contributed by atoms with Gasteiger partial charge < -0.3 is 9.90 Å². The summed E-state index contributed by atoms with van der Waals surface area (Å²) in [5.74, 6) is -2.66. The number of carbonyl (C=O) groups is 3. The van der Waals surface area contributed by atoms with Crippen LogP contribution in [0.5, 0.6) is 0 Å². The van der Waals surface area contributed by atoms with Crippen LogP contribution in [-0.4, -0.2) is 34.9 Å². The van der Waals surface area contributed by atoms with Crippen LogP contribution in [0.15, 0.2) is 115 Å². The molecule has 5 nitrogen and oxygen atoms in total. The van der Waals surface area contributed by atoms with Gasteiger partial charge in [0.25, 0.3) is 11.8 Å². The van der Waals surface area contributed by atoms with Gasteiger partial charge in [0.2, 0.25) is 0 Å². The minimum absolute atomic E-state index is 0.0266. The van der Waals surface area contributed by atoms with Crippen LogP contribution < -0.4 is 21.0 Å². The first-order valence-corrected chi connectivity index (χ1v) is 13.2. The number of hydrogen-bond acceptors (Lipinski definition) is 4. The Labute approximate surface area is 204 Å². The van der Waals surface area contributed by atoms with Crippen LogP contribution in [0, 0.1) is 0 Å². The highest BCUT2D eigenvalue weighted by Crippen LogP contribution is 2.56. The lowest BCUT2D eigenvalue weighted by atomic mass is 10.1. The van der Waals surface area contributed by atoms with Crippen molar-refractivity contribution >= 4 is 41.0 Å². The molecule has 0 saturated carbocycles. The molecular formula is C29H22NO4P. The van der Waals surface area contributed by atoms with Gasteiger partial charge in [-0.15, -0.1) is 0 Å². The van der Waals surface area contributed by atoms with E-state index in [2.05, 4.69) is 0 Å². The highest BCUT2D eigenvalue weighted by atomic mass is 31.2. The molecule has 1 aliphatic heterocycles. The van der Waals surface area contributed by atoms with Crippen molar-refractivity contribution in [2.45, 2.75) is 6.04 Å². The van der Waals surface area contributed by atoms with Crippen molar-refractivity contribution in [3.8, 4) is 0 Å². The maximum atomic E-state index is 13.3. The van der Waals surface area contributed by atoms with E-state index in [-0.39, 0.29) is 17.3 Å². The second-order valence-electron chi connectivity index (χ2n) is 8.36. The molecule has 5 rings (SSSR count). The van der Waals surface area contributed by atoms with Gasteiger partial charge in [0.15, 0.2) is 0 Å². The summed E-state index contributed by atoms with van der Waals surface area (Å²) in [6.45, 7) is 0. The van der Waals surface area contributed by atoms with Gasteiger partial charge >= 0.3 is 0 Å². The SMILES string of the molecule is O=C([O-])[C@H](C[P+](c1ccccc1)(c1ccccc1)c1ccccc1)N1C(=O)c2ccccc2C1=O. The average Bonchev–Trinajstić information content (AvgIpc) is 3.16. The van der Waals surface area contributed by atoms with Gasteiger partial charge in [-0.3, -0.25) is 14.5 Å². The monoisotopic (exact) mass is 479 g/mol. The van der Waals surface area contributed by atoms with Crippen molar-refractivity contribution < 1.29 is 19.5 Å². The molecule has 0 aromatic heterocycles. The van der Waals surface area contributed by atoms with Crippen LogP contribution in [0.3, 0.4) is 0 Å². The van der Waals surface area contributed by atoms with Gasteiger partial charge in [-0.1, -0.05) is 66.7 Å². The standard InChI is InChI=1S/C29H22NO4P/c31-27-24-18-10-11-19-25(24)28(32)30(27)26(29(33)34)20-35(21-12-4-1-5-13-21,22-14-6-2-7-15-22)23-16-8-3-9-17-23/h1-19,26H,20H2/t26-/m0/s1. The van der Waals surface area contributed by atoms with E-state index in [4.69, 9.17) is 0 Å².